The van der Waals surface area contributed by atoms with Crippen molar-refractivity contribution in [2.45, 2.75) is 46.1 Å². The molecule has 5 aromatic carbocycles. The minimum atomic E-state index is -0.136. The smallest absolute Gasteiger partial charge is 0.275 e. The van der Waals surface area contributed by atoms with E-state index in [0.717, 1.165) is 50.6 Å². The van der Waals surface area contributed by atoms with Gasteiger partial charge in [0.25, 0.3) is 9.03 Å². The van der Waals surface area contributed by atoms with Crippen molar-refractivity contribution in [2.75, 3.05) is 6.26 Å². The van der Waals surface area contributed by atoms with Gasteiger partial charge in [0.1, 0.15) is 28.7 Å². The van der Waals surface area contributed by atoms with Gasteiger partial charge in [0, 0.05) is 10.5 Å². The van der Waals surface area contributed by atoms with Crippen LogP contribution in [0.15, 0.2) is 114 Å². The SMILES string of the molecule is CSc1cc(C)c(OPOc2ccccc2C)c(COPOc2ccccc2C)c1.Cc1ccccc1O.Cc1ccccc1O. The Kier molecular flexibility index (Phi) is 15.7. The summed E-state index contributed by atoms with van der Waals surface area (Å²) in [5, 5.41) is 17.8. The topological polar surface area (TPSA) is 77.4 Å². The minimum Gasteiger partial charge on any atom is -0.508 e. The molecule has 242 valence electrons. The Hall–Kier alpha value is -3.73. The third-order valence-electron chi connectivity index (χ3n) is 6.71. The van der Waals surface area contributed by atoms with Gasteiger partial charge < -0.3 is 28.3 Å². The van der Waals surface area contributed by atoms with E-state index in [9.17, 15) is 0 Å². The van der Waals surface area contributed by atoms with Gasteiger partial charge in [-0.25, -0.2) is 0 Å². The number of phenols is 2. The molecule has 0 bridgehead atoms. The molecule has 9 heteroatoms. The van der Waals surface area contributed by atoms with Crippen molar-refractivity contribution in [3.63, 3.8) is 0 Å². The van der Waals surface area contributed by atoms with E-state index in [1.807, 2.05) is 120 Å². The van der Waals surface area contributed by atoms with Gasteiger partial charge in [-0.2, -0.15) is 0 Å². The molecule has 0 amide bonds. The molecule has 0 aliphatic carbocycles. The average molecular weight is 677 g/mol. The molecular formula is C37H42O6P2S. The van der Waals surface area contributed by atoms with Gasteiger partial charge >= 0.3 is 0 Å². The number of para-hydroxylation sites is 4. The van der Waals surface area contributed by atoms with Gasteiger partial charge in [0.15, 0.2) is 0 Å². The molecule has 0 aromatic heterocycles. The fourth-order valence-electron chi connectivity index (χ4n) is 3.94. The first-order chi connectivity index (χ1) is 22.2. The average Bonchev–Trinajstić information content (AvgIpc) is 3.05. The number of rotatable bonds is 10. The van der Waals surface area contributed by atoms with Crippen LogP contribution in [0.2, 0.25) is 0 Å². The lowest BCUT2D eigenvalue weighted by Gasteiger charge is -2.16. The quantitative estimate of drug-likeness (QED) is 0.0866. The fraction of sp³-hybridized carbons (Fsp3) is 0.189. The molecule has 0 aliphatic rings. The van der Waals surface area contributed by atoms with Crippen LogP contribution >= 0.6 is 29.8 Å². The van der Waals surface area contributed by atoms with Crippen LogP contribution in [0.4, 0.5) is 0 Å². The highest BCUT2D eigenvalue weighted by Crippen LogP contribution is 2.36. The Bertz CT molecular complexity index is 1580. The largest absolute Gasteiger partial charge is 0.508 e. The fourth-order valence-corrected chi connectivity index (χ4v) is 5.82. The van der Waals surface area contributed by atoms with Crippen molar-refractivity contribution < 1.29 is 28.3 Å². The van der Waals surface area contributed by atoms with Crippen LogP contribution in [0.1, 0.15) is 33.4 Å². The Labute approximate surface area is 281 Å². The zero-order chi connectivity index (χ0) is 33.3. The highest BCUT2D eigenvalue weighted by molar-refractivity contribution is 7.98. The summed E-state index contributed by atoms with van der Waals surface area (Å²) in [4.78, 5) is 1.17. The zero-order valence-corrected chi connectivity index (χ0v) is 29.9. The number of thioether (sulfide) groups is 1. The molecule has 0 heterocycles. The molecule has 0 aliphatic heterocycles. The standard InChI is InChI=1S/C23H26O4P2S.2C7H8O/c1-16-9-5-7-11-21(16)25-28-24-15-19-14-20(30-4)13-18(3)23(19)27-29-26-22-12-8-6-10-17(22)2;2*1-6-4-2-3-5-7(6)8/h5-14,28-29H,15H2,1-4H3;2*2-5,8H,1H3. The molecule has 0 fully saturated rings. The molecule has 2 unspecified atom stereocenters. The Morgan fingerprint density at radius 2 is 1.00 bits per heavy atom. The summed E-state index contributed by atoms with van der Waals surface area (Å²) in [6.45, 7) is 10.2. The molecule has 6 nitrogen and oxygen atoms in total. The van der Waals surface area contributed by atoms with E-state index in [-0.39, 0.29) is 18.1 Å². The van der Waals surface area contributed by atoms with E-state index in [2.05, 4.69) is 18.4 Å². The summed E-state index contributed by atoms with van der Waals surface area (Å²) in [6, 6.07) is 34.6. The Morgan fingerprint density at radius 3 is 1.43 bits per heavy atom. The van der Waals surface area contributed by atoms with Gasteiger partial charge in [0.05, 0.1) is 6.61 Å². The van der Waals surface area contributed by atoms with Crippen LogP contribution in [-0.2, 0) is 11.1 Å². The highest BCUT2D eigenvalue weighted by Gasteiger charge is 2.12. The van der Waals surface area contributed by atoms with Crippen molar-refractivity contribution in [2.24, 2.45) is 0 Å². The first-order valence-corrected chi connectivity index (χ1v) is 17.5. The third kappa shape index (κ3) is 12.2. The summed E-state index contributed by atoms with van der Waals surface area (Å²) in [6.07, 6.45) is 2.06. The zero-order valence-electron chi connectivity index (χ0n) is 27.0. The molecule has 2 N–H and O–H groups in total. The van der Waals surface area contributed by atoms with Crippen LogP contribution in [0.5, 0.6) is 28.7 Å². The molecule has 2 atom stereocenters. The summed E-state index contributed by atoms with van der Waals surface area (Å²) < 4.78 is 23.5. The van der Waals surface area contributed by atoms with Crippen molar-refractivity contribution in [3.05, 3.63) is 143 Å². The highest BCUT2D eigenvalue weighted by atomic mass is 32.2. The van der Waals surface area contributed by atoms with Crippen molar-refractivity contribution in [3.8, 4) is 28.7 Å². The first kappa shape index (κ1) is 36.7. The van der Waals surface area contributed by atoms with E-state index in [1.165, 1.54) is 4.90 Å². The lowest BCUT2D eigenvalue weighted by atomic mass is 10.1. The van der Waals surface area contributed by atoms with Crippen LogP contribution in [0, 0.1) is 34.6 Å². The van der Waals surface area contributed by atoms with Gasteiger partial charge in [-0.05, 0) is 105 Å². The summed E-state index contributed by atoms with van der Waals surface area (Å²) in [7, 11) is -0.227. The van der Waals surface area contributed by atoms with Gasteiger partial charge in [0.2, 0.25) is 9.03 Å². The number of aromatic hydroxyl groups is 2. The number of phenolic OH excluding ortho intramolecular Hbond substituents is 2. The molecule has 5 aromatic rings. The number of benzene rings is 5. The Balaban J connectivity index is 0.000000291. The van der Waals surface area contributed by atoms with Crippen LogP contribution in [-0.4, -0.2) is 16.5 Å². The normalized spacial score (nSPS) is 10.7. The van der Waals surface area contributed by atoms with Gasteiger partial charge in [-0.15, -0.1) is 11.8 Å². The van der Waals surface area contributed by atoms with Crippen LogP contribution in [0.25, 0.3) is 0 Å². The molecule has 0 radical (unpaired) electrons. The van der Waals surface area contributed by atoms with E-state index in [4.69, 9.17) is 28.3 Å². The van der Waals surface area contributed by atoms with Crippen molar-refractivity contribution in [1.82, 2.24) is 0 Å². The predicted molar refractivity (Wildman–Crippen MR) is 194 cm³/mol. The van der Waals surface area contributed by atoms with E-state index in [1.54, 1.807) is 23.9 Å². The van der Waals surface area contributed by atoms with Crippen molar-refractivity contribution >= 4 is 29.8 Å². The van der Waals surface area contributed by atoms with E-state index < -0.39 is 0 Å². The van der Waals surface area contributed by atoms with Crippen molar-refractivity contribution in [1.29, 1.82) is 0 Å². The van der Waals surface area contributed by atoms with Gasteiger partial charge in [-0.1, -0.05) is 72.8 Å². The van der Waals surface area contributed by atoms with Gasteiger partial charge in [-0.3, -0.25) is 0 Å². The monoisotopic (exact) mass is 676 g/mol. The lowest BCUT2D eigenvalue weighted by molar-refractivity contribution is 0.314. The maximum absolute atomic E-state index is 8.92. The second-order valence-electron chi connectivity index (χ2n) is 10.3. The molecule has 0 saturated carbocycles. The lowest BCUT2D eigenvalue weighted by Crippen LogP contribution is -1.97. The number of hydrogen-bond donors (Lipinski definition) is 2. The Morgan fingerprint density at radius 1 is 0.543 bits per heavy atom. The maximum Gasteiger partial charge on any atom is 0.275 e. The van der Waals surface area contributed by atoms with E-state index in [0.29, 0.717) is 18.1 Å². The predicted octanol–water partition coefficient (Wildman–Crippen LogP) is 10.8. The molecule has 0 spiro atoms. The third-order valence-corrected chi connectivity index (χ3v) is 8.58. The molecule has 5 rings (SSSR count). The maximum atomic E-state index is 8.92. The first-order valence-electron chi connectivity index (χ1n) is 14.6. The summed E-state index contributed by atoms with van der Waals surface area (Å²) >= 11 is 1.70. The van der Waals surface area contributed by atoms with E-state index >= 15 is 0 Å². The number of aryl methyl sites for hydroxylation is 5. The van der Waals surface area contributed by atoms with Crippen LogP contribution < -0.4 is 13.6 Å². The summed E-state index contributed by atoms with van der Waals surface area (Å²) in [5.74, 6) is 3.22. The second kappa shape index (κ2) is 19.7. The molecular weight excluding hydrogens is 634 g/mol. The van der Waals surface area contributed by atoms with Crippen LogP contribution in [0.3, 0.4) is 0 Å². The molecule has 46 heavy (non-hydrogen) atoms. The number of hydrogen-bond acceptors (Lipinski definition) is 7. The molecule has 0 saturated heterocycles. The minimum absolute atomic E-state index is 0.0910. The second-order valence-corrected chi connectivity index (χ2v) is 12.4. The summed E-state index contributed by atoms with van der Waals surface area (Å²) in [5.41, 5.74) is 6.07.